The van der Waals surface area contributed by atoms with E-state index in [1.165, 1.54) is 22.9 Å². The first-order valence-electron chi connectivity index (χ1n) is 6.24. The molecule has 0 spiro atoms. The van der Waals surface area contributed by atoms with Crippen molar-refractivity contribution in [3.63, 3.8) is 0 Å². The number of rotatable bonds is 3. The molecule has 1 aliphatic rings. The number of carbonyl (C=O) groups is 1. The van der Waals surface area contributed by atoms with Crippen molar-refractivity contribution in [3.8, 4) is 0 Å². The van der Waals surface area contributed by atoms with E-state index in [4.69, 9.17) is 5.73 Å². The maximum Gasteiger partial charge on any atom is 0.221 e. The van der Waals surface area contributed by atoms with E-state index in [0.717, 1.165) is 24.1 Å². The van der Waals surface area contributed by atoms with Crippen molar-refractivity contribution in [2.75, 3.05) is 0 Å². The van der Waals surface area contributed by atoms with Gasteiger partial charge in [0.15, 0.2) is 0 Å². The highest BCUT2D eigenvalue weighted by molar-refractivity contribution is 5.98. The molecule has 1 aromatic carbocycles. The van der Waals surface area contributed by atoms with Crippen LogP contribution in [0.15, 0.2) is 31.0 Å². The van der Waals surface area contributed by atoms with Crippen molar-refractivity contribution in [1.29, 1.82) is 0 Å². The number of amides is 1. The van der Waals surface area contributed by atoms with Crippen LogP contribution in [0.25, 0.3) is 16.5 Å². The number of aryl methyl sites for hydroxylation is 2. The van der Waals surface area contributed by atoms with Gasteiger partial charge >= 0.3 is 0 Å². The summed E-state index contributed by atoms with van der Waals surface area (Å²) in [6.07, 6.45) is 4.63. The maximum atomic E-state index is 11.0. The number of nitrogens with zero attached hydrogens (tertiary/aromatic N) is 1. The predicted molar refractivity (Wildman–Crippen MR) is 73.1 cm³/mol. The molecule has 0 saturated carbocycles. The summed E-state index contributed by atoms with van der Waals surface area (Å²) < 4.78 is 2.27. The Hall–Kier alpha value is -2.03. The molecule has 0 unspecified atom stereocenters. The lowest BCUT2D eigenvalue weighted by molar-refractivity contribution is -0.117. The second-order valence-electron chi connectivity index (χ2n) is 4.90. The van der Waals surface area contributed by atoms with Crippen molar-refractivity contribution >= 4 is 22.4 Å². The molecule has 0 radical (unpaired) electrons. The number of carbonyl (C=O) groups excluding carboxylic acids is 1. The molecule has 18 heavy (non-hydrogen) atoms. The molecule has 0 aliphatic carbocycles. The fourth-order valence-electron chi connectivity index (χ4n) is 2.84. The van der Waals surface area contributed by atoms with E-state index in [-0.39, 0.29) is 12.3 Å². The molecule has 1 aliphatic heterocycles. The van der Waals surface area contributed by atoms with Crippen molar-refractivity contribution in [2.45, 2.75) is 25.8 Å². The Kier molecular flexibility index (Phi) is 2.47. The summed E-state index contributed by atoms with van der Waals surface area (Å²) in [5.41, 5.74) is 9.80. The smallest absolute Gasteiger partial charge is 0.221 e. The van der Waals surface area contributed by atoms with E-state index in [2.05, 4.69) is 35.5 Å². The monoisotopic (exact) mass is 240 g/mol. The van der Waals surface area contributed by atoms with Crippen LogP contribution in [0.5, 0.6) is 0 Å². The van der Waals surface area contributed by atoms with Crippen LogP contribution in [0.4, 0.5) is 0 Å². The number of benzene rings is 1. The van der Waals surface area contributed by atoms with Crippen LogP contribution in [0.2, 0.25) is 0 Å². The Morgan fingerprint density at radius 3 is 3.06 bits per heavy atom. The van der Waals surface area contributed by atoms with Gasteiger partial charge in [-0.2, -0.15) is 0 Å². The van der Waals surface area contributed by atoms with Gasteiger partial charge in [0.05, 0.1) is 11.9 Å². The zero-order valence-corrected chi connectivity index (χ0v) is 10.3. The summed E-state index contributed by atoms with van der Waals surface area (Å²) in [6, 6.07) is 6.36. The molecule has 0 fully saturated rings. The zero-order valence-electron chi connectivity index (χ0n) is 10.3. The highest BCUT2D eigenvalue weighted by Gasteiger charge is 2.17. The first-order valence-corrected chi connectivity index (χ1v) is 6.24. The molecule has 0 atom stereocenters. The average molecular weight is 240 g/mol. The average Bonchev–Trinajstić information content (AvgIpc) is 2.70. The molecule has 3 heteroatoms. The summed E-state index contributed by atoms with van der Waals surface area (Å²) in [4.78, 5) is 11.0. The minimum Gasteiger partial charge on any atom is -0.369 e. The van der Waals surface area contributed by atoms with Crippen LogP contribution in [0.3, 0.4) is 0 Å². The Morgan fingerprint density at radius 1 is 1.44 bits per heavy atom. The summed E-state index contributed by atoms with van der Waals surface area (Å²) in [5.74, 6) is -0.327. The van der Waals surface area contributed by atoms with Gasteiger partial charge < -0.3 is 10.3 Å². The molecule has 3 rings (SSSR count). The van der Waals surface area contributed by atoms with Gasteiger partial charge in [-0.1, -0.05) is 24.8 Å². The van der Waals surface area contributed by atoms with Crippen molar-refractivity contribution in [2.24, 2.45) is 5.73 Å². The van der Waals surface area contributed by atoms with Gasteiger partial charge in [-0.15, -0.1) is 0 Å². The van der Waals surface area contributed by atoms with Crippen LogP contribution >= 0.6 is 0 Å². The van der Waals surface area contributed by atoms with Gasteiger partial charge in [0.25, 0.3) is 0 Å². The van der Waals surface area contributed by atoms with Gasteiger partial charge in [-0.05, 0) is 24.0 Å². The zero-order chi connectivity index (χ0) is 12.7. The number of primary amides is 1. The highest BCUT2D eigenvalue weighted by atomic mass is 16.1. The number of hydrogen-bond acceptors (Lipinski definition) is 1. The Morgan fingerprint density at radius 2 is 2.28 bits per heavy atom. The van der Waals surface area contributed by atoms with E-state index < -0.39 is 0 Å². The van der Waals surface area contributed by atoms with E-state index >= 15 is 0 Å². The molecule has 92 valence electrons. The third kappa shape index (κ3) is 1.63. The standard InChI is InChI=1S/C15H16N2O/c1-10(8-14(16)18)13-9-17-7-3-5-11-4-2-6-12(13)15(11)17/h2,4,6,9H,1,3,5,7-8H2,(H2,16,18). The lowest BCUT2D eigenvalue weighted by Gasteiger charge is -2.14. The SMILES string of the molecule is C=C(CC(N)=O)c1cn2c3c(cccc13)CCC2. The molecule has 2 heterocycles. The first kappa shape index (κ1) is 11.1. The molecular weight excluding hydrogens is 224 g/mol. The fraction of sp³-hybridized carbons (Fsp3) is 0.267. The quantitative estimate of drug-likeness (QED) is 0.880. The summed E-state index contributed by atoms with van der Waals surface area (Å²) in [6.45, 7) is 5.04. The number of hydrogen-bond donors (Lipinski definition) is 1. The second-order valence-corrected chi connectivity index (χ2v) is 4.90. The van der Waals surface area contributed by atoms with Gasteiger partial charge in [-0.25, -0.2) is 0 Å². The molecule has 3 nitrogen and oxygen atoms in total. The van der Waals surface area contributed by atoms with Crippen molar-refractivity contribution in [3.05, 3.63) is 42.1 Å². The van der Waals surface area contributed by atoms with Crippen molar-refractivity contribution < 1.29 is 4.79 Å². The second kappa shape index (κ2) is 4.02. The van der Waals surface area contributed by atoms with E-state index in [9.17, 15) is 4.79 Å². The van der Waals surface area contributed by atoms with Crippen LogP contribution in [-0.4, -0.2) is 10.5 Å². The topological polar surface area (TPSA) is 48.0 Å². The normalized spacial score (nSPS) is 13.8. The molecular formula is C15H16N2O. The number of aromatic nitrogens is 1. The van der Waals surface area contributed by atoms with E-state index in [1.54, 1.807) is 0 Å². The maximum absolute atomic E-state index is 11.0. The minimum atomic E-state index is -0.327. The Balaban J connectivity index is 2.17. The summed E-state index contributed by atoms with van der Waals surface area (Å²) >= 11 is 0. The lowest BCUT2D eigenvalue weighted by Crippen LogP contribution is -2.10. The van der Waals surface area contributed by atoms with Gasteiger partial charge in [0.1, 0.15) is 0 Å². The Labute approximate surface area is 106 Å². The fourth-order valence-corrected chi connectivity index (χ4v) is 2.84. The molecule has 0 saturated heterocycles. The van der Waals surface area contributed by atoms with Gasteiger partial charge in [-0.3, -0.25) is 4.79 Å². The number of nitrogens with two attached hydrogens (primary N) is 1. The summed E-state index contributed by atoms with van der Waals surface area (Å²) in [7, 11) is 0. The third-order valence-corrected chi connectivity index (χ3v) is 3.60. The molecule has 1 aromatic heterocycles. The first-order chi connectivity index (χ1) is 8.66. The van der Waals surface area contributed by atoms with E-state index in [0.29, 0.717) is 0 Å². The number of para-hydroxylation sites is 1. The van der Waals surface area contributed by atoms with Crippen LogP contribution in [0.1, 0.15) is 24.0 Å². The molecule has 2 aromatic rings. The van der Waals surface area contributed by atoms with Crippen molar-refractivity contribution in [1.82, 2.24) is 4.57 Å². The van der Waals surface area contributed by atoms with Gasteiger partial charge in [0, 0.05) is 23.7 Å². The van der Waals surface area contributed by atoms with Crippen LogP contribution in [-0.2, 0) is 17.8 Å². The van der Waals surface area contributed by atoms with Gasteiger partial charge in [0.2, 0.25) is 5.91 Å². The minimum absolute atomic E-state index is 0.226. The molecule has 1 amide bonds. The lowest BCUT2D eigenvalue weighted by atomic mass is 9.99. The third-order valence-electron chi connectivity index (χ3n) is 3.60. The summed E-state index contributed by atoms with van der Waals surface area (Å²) in [5, 5.41) is 1.19. The van der Waals surface area contributed by atoms with Crippen LogP contribution in [0, 0.1) is 0 Å². The highest BCUT2D eigenvalue weighted by Crippen LogP contribution is 2.33. The molecule has 0 bridgehead atoms. The largest absolute Gasteiger partial charge is 0.369 e. The molecule has 2 N–H and O–H groups in total. The Bertz CT molecular complexity index is 652. The van der Waals surface area contributed by atoms with Crippen LogP contribution < -0.4 is 5.73 Å². The predicted octanol–water partition coefficient (Wildman–Crippen LogP) is 2.48. The van der Waals surface area contributed by atoms with E-state index in [1.807, 2.05) is 0 Å².